The Morgan fingerprint density at radius 1 is 0.660 bits per heavy atom. The molecular weight excluding hydrogens is 693 g/mol. The van der Waals surface area contributed by atoms with E-state index in [1.807, 2.05) is 24.3 Å². The predicted octanol–water partition coefficient (Wildman–Crippen LogP) is 6.02. The summed E-state index contributed by atoms with van der Waals surface area (Å²) in [5.41, 5.74) is 4.54. The molecule has 4 aromatic heterocycles. The van der Waals surface area contributed by atoms with Crippen molar-refractivity contribution in [1.29, 1.82) is 0 Å². The average Bonchev–Trinajstić information content (AvgIpc) is 3.74. The number of hydrogen-bond donors (Lipinski definition) is 0. The normalized spacial score (nSPS) is 21.0. The Bertz CT molecular complexity index is 1670. The fourth-order valence-electron chi connectivity index (χ4n) is 6.63. The van der Waals surface area contributed by atoms with Crippen molar-refractivity contribution >= 4 is 44.5 Å². The maximum atomic E-state index is 13.1. The first-order valence-electron chi connectivity index (χ1n) is 16.8. The minimum absolute atomic E-state index is 0.0146. The number of ketones is 2. The molecule has 3 aliphatic rings. The van der Waals surface area contributed by atoms with Crippen molar-refractivity contribution in [3.05, 3.63) is 69.2 Å². The highest BCUT2D eigenvalue weighted by molar-refractivity contribution is 7.14. The number of Topliss-reactive ketones (excluding diaryl/α,β-unsaturated/α-hetero) is 2. The standard InChI is InChI=1S/C34H36F4N8O2S2/c35-33(36)17-45(18-33)31-39-25(15-49-31)13-27(47)8-4-23-6-10-29(43-41-23)21-2-1-3-22(12-21)30-11-7-24(42-44-30)5-9-28(48)14-26-16-50-32(40-26)46-19-34(37,38)20-46/h6-7,10-11,15-16,21-22H,1-5,8-9,12-14,17-20H2/t21-,22-/m0/s1. The van der Waals surface area contributed by atoms with Gasteiger partial charge in [-0.3, -0.25) is 9.59 Å². The van der Waals surface area contributed by atoms with Gasteiger partial charge in [-0.25, -0.2) is 27.5 Å². The van der Waals surface area contributed by atoms with Gasteiger partial charge in [0.05, 0.1) is 60.3 Å². The summed E-state index contributed by atoms with van der Waals surface area (Å²) in [7, 11) is 0. The number of halogens is 4. The van der Waals surface area contributed by atoms with Gasteiger partial charge in [-0.05, 0) is 56.4 Å². The van der Waals surface area contributed by atoms with Crippen molar-refractivity contribution in [2.45, 2.75) is 87.9 Å². The molecule has 0 bridgehead atoms. The first-order valence-corrected chi connectivity index (χ1v) is 18.6. The number of nitrogens with zero attached hydrogens (tertiary/aromatic N) is 8. The number of carbonyl (C=O) groups is 2. The highest BCUT2D eigenvalue weighted by atomic mass is 32.1. The first kappa shape index (κ1) is 34.5. The maximum absolute atomic E-state index is 13.1. The minimum Gasteiger partial charge on any atom is -0.336 e. The van der Waals surface area contributed by atoms with E-state index in [0.29, 0.717) is 47.3 Å². The molecule has 264 valence electrons. The van der Waals surface area contributed by atoms with E-state index in [4.69, 9.17) is 0 Å². The Balaban J connectivity index is 0.836. The summed E-state index contributed by atoms with van der Waals surface area (Å²) in [5.74, 6) is -4.81. The zero-order valence-corrected chi connectivity index (χ0v) is 28.9. The molecule has 1 saturated carbocycles. The van der Waals surface area contributed by atoms with Gasteiger partial charge < -0.3 is 9.80 Å². The molecule has 3 fully saturated rings. The van der Waals surface area contributed by atoms with Gasteiger partial charge in [-0.2, -0.15) is 20.4 Å². The monoisotopic (exact) mass is 728 g/mol. The van der Waals surface area contributed by atoms with E-state index < -0.39 is 11.8 Å². The third-order valence-electron chi connectivity index (χ3n) is 9.38. The Morgan fingerprint density at radius 3 is 1.48 bits per heavy atom. The van der Waals surface area contributed by atoms with Crippen LogP contribution in [0.25, 0.3) is 0 Å². The molecule has 2 atom stereocenters. The molecule has 1 aliphatic carbocycles. The molecule has 0 radical (unpaired) electrons. The van der Waals surface area contributed by atoms with Gasteiger partial charge >= 0.3 is 0 Å². The van der Waals surface area contributed by atoms with Crippen LogP contribution in [0, 0.1) is 0 Å². The van der Waals surface area contributed by atoms with E-state index in [0.717, 1.165) is 48.5 Å². The molecule has 0 N–H and O–H groups in total. The van der Waals surface area contributed by atoms with Crippen molar-refractivity contribution in [2.75, 3.05) is 36.0 Å². The summed E-state index contributed by atoms with van der Waals surface area (Å²) in [6.07, 6.45) is 5.80. The SMILES string of the molecule is O=C(CCc1ccc([C@H]2CCC[C@H](c3ccc(CCC(=O)Cc4csc(N5CC(F)(F)C5)n4)nn3)C2)nn1)Cc1csc(N2CC(F)(F)C2)n1. The third-order valence-corrected chi connectivity index (χ3v) is 11.3. The predicted molar refractivity (Wildman–Crippen MR) is 181 cm³/mol. The van der Waals surface area contributed by atoms with Crippen LogP contribution in [0.4, 0.5) is 27.8 Å². The number of hydrogen-bond acceptors (Lipinski definition) is 12. The van der Waals surface area contributed by atoms with E-state index in [1.165, 1.54) is 32.5 Å². The average molecular weight is 729 g/mol. The topological polar surface area (TPSA) is 118 Å². The molecule has 0 spiro atoms. The molecule has 2 saturated heterocycles. The summed E-state index contributed by atoms with van der Waals surface area (Å²) in [4.78, 5) is 36.9. The fourth-order valence-corrected chi connectivity index (χ4v) is 8.28. The maximum Gasteiger partial charge on any atom is 0.282 e. The van der Waals surface area contributed by atoms with Crippen molar-refractivity contribution < 1.29 is 27.2 Å². The first-order chi connectivity index (χ1) is 24.0. The van der Waals surface area contributed by atoms with Gasteiger partial charge in [0.2, 0.25) is 0 Å². The van der Waals surface area contributed by atoms with Gasteiger partial charge in [-0.15, -0.1) is 22.7 Å². The second kappa shape index (κ2) is 14.4. The van der Waals surface area contributed by atoms with Crippen LogP contribution in [0.1, 0.15) is 84.5 Å². The second-order valence-corrected chi connectivity index (χ2v) is 15.2. The van der Waals surface area contributed by atoms with Crippen LogP contribution in [0.15, 0.2) is 35.0 Å². The zero-order valence-electron chi connectivity index (χ0n) is 27.2. The number of alkyl halides is 4. The van der Waals surface area contributed by atoms with E-state index in [-0.39, 0.29) is 62.4 Å². The van der Waals surface area contributed by atoms with Crippen LogP contribution in [-0.4, -0.2) is 80.0 Å². The van der Waals surface area contributed by atoms with Crippen LogP contribution in [-0.2, 0) is 35.3 Å². The molecule has 4 aromatic rings. The van der Waals surface area contributed by atoms with Crippen LogP contribution in [0.3, 0.4) is 0 Å². The number of aromatic nitrogens is 6. The second-order valence-electron chi connectivity index (χ2n) is 13.6. The molecular formula is C34H36F4N8O2S2. The number of rotatable bonds is 14. The molecule has 10 nitrogen and oxygen atoms in total. The number of thiazole rings is 2. The van der Waals surface area contributed by atoms with Crippen LogP contribution < -0.4 is 9.80 Å². The lowest BCUT2D eigenvalue weighted by Gasteiger charge is -2.38. The Labute approximate surface area is 294 Å². The Kier molecular flexibility index (Phi) is 9.92. The van der Waals surface area contributed by atoms with E-state index in [2.05, 4.69) is 30.4 Å². The molecule has 2 aliphatic heterocycles. The molecule has 50 heavy (non-hydrogen) atoms. The number of anilines is 2. The lowest BCUT2D eigenvalue weighted by molar-refractivity contribution is -0.119. The van der Waals surface area contributed by atoms with Crippen LogP contribution in [0.2, 0.25) is 0 Å². The van der Waals surface area contributed by atoms with Gasteiger partial charge in [-0.1, -0.05) is 6.42 Å². The molecule has 16 heteroatoms. The summed E-state index contributed by atoms with van der Waals surface area (Å²) >= 11 is 2.56. The van der Waals surface area contributed by atoms with Gasteiger partial charge in [0.1, 0.15) is 11.6 Å². The molecule has 0 unspecified atom stereocenters. The lowest BCUT2D eigenvalue weighted by atomic mass is 9.78. The number of carbonyl (C=O) groups excluding carboxylic acids is 2. The Morgan fingerprint density at radius 2 is 1.10 bits per heavy atom. The minimum atomic E-state index is -2.66. The van der Waals surface area contributed by atoms with Crippen molar-refractivity contribution in [3.8, 4) is 0 Å². The molecule has 6 heterocycles. The van der Waals surface area contributed by atoms with E-state index in [1.54, 1.807) is 10.8 Å². The Hall–Kier alpha value is -3.92. The largest absolute Gasteiger partial charge is 0.336 e. The van der Waals surface area contributed by atoms with E-state index in [9.17, 15) is 27.2 Å². The summed E-state index contributed by atoms with van der Waals surface area (Å²) in [5, 5.41) is 22.4. The van der Waals surface area contributed by atoms with Crippen molar-refractivity contribution in [2.24, 2.45) is 0 Å². The molecule has 7 rings (SSSR count). The molecule has 0 aromatic carbocycles. The van der Waals surface area contributed by atoms with Gasteiger partial charge in [0.25, 0.3) is 11.8 Å². The van der Waals surface area contributed by atoms with E-state index >= 15 is 0 Å². The molecule has 0 amide bonds. The quantitative estimate of drug-likeness (QED) is 0.143. The zero-order chi connectivity index (χ0) is 34.9. The van der Waals surface area contributed by atoms with Crippen LogP contribution in [0.5, 0.6) is 0 Å². The van der Waals surface area contributed by atoms with Gasteiger partial charge in [0, 0.05) is 48.3 Å². The van der Waals surface area contributed by atoms with Crippen molar-refractivity contribution in [3.63, 3.8) is 0 Å². The van der Waals surface area contributed by atoms with Crippen LogP contribution >= 0.6 is 22.7 Å². The highest BCUT2D eigenvalue weighted by Crippen LogP contribution is 2.40. The highest BCUT2D eigenvalue weighted by Gasteiger charge is 2.46. The smallest absolute Gasteiger partial charge is 0.282 e. The summed E-state index contributed by atoms with van der Waals surface area (Å²) in [6, 6.07) is 7.86. The van der Waals surface area contributed by atoms with Crippen molar-refractivity contribution in [1.82, 2.24) is 30.4 Å². The van der Waals surface area contributed by atoms with Gasteiger partial charge in [0.15, 0.2) is 10.3 Å². The fraction of sp³-hybridized carbons (Fsp3) is 0.529. The summed E-state index contributed by atoms with van der Waals surface area (Å²) in [6.45, 7) is -1.31. The number of aryl methyl sites for hydroxylation is 2. The third kappa shape index (κ3) is 8.50. The summed E-state index contributed by atoms with van der Waals surface area (Å²) < 4.78 is 52.6. The lowest BCUT2D eigenvalue weighted by Crippen LogP contribution is -2.56.